The molecule has 2 heterocycles. The third kappa shape index (κ3) is 4.15. The van der Waals surface area contributed by atoms with Gasteiger partial charge < -0.3 is 15.4 Å². The van der Waals surface area contributed by atoms with E-state index >= 15 is 0 Å². The second kappa shape index (κ2) is 8.09. The van der Waals surface area contributed by atoms with E-state index in [1.807, 2.05) is 35.2 Å². The Morgan fingerprint density at radius 1 is 1.29 bits per heavy atom. The Labute approximate surface area is 172 Å². The fourth-order valence-corrected chi connectivity index (χ4v) is 4.04. The first kappa shape index (κ1) is 19.2. The van der Waals surface area contributed by atoms with Crippen LogP contribution in [0, 0.1) is 0 Å². The third-order valence-electron chi connectivity index (χ3n) is 4.94. The fraction of sp³-hybridized carbons (Fsp3) is 0.300. The molecule has 3 aromatic rings. The number of aromatic nitrogens is 2. The minimum atomic E-state index is -0.548. The molecule has 1 aliphatic heterocycles. The average molecular weight is 419 g/mol. The number of carbonyl (C=O) groups excluding carboxylic acids is 1. The zero-order valence-electron chi connectivity index (χ0n) is 15.0. The Bertz CT molecular complexity index is 974. The van der Waals surface area contributed by atoms with Gasteiger partial charge in [0, 0.05) is 23.1 Å². The molecule has 0 spiro atoms. The number of amides is 1. The second-order valence-corrected chi connectivity index (χ2v) is 7.83. The highest BCUT2D eigenvalue weighted by atomic mass is 35.5. The van der Waals surface area contributed by atoms with Crippen LogP contribution >= 0.6 is 23.2 Å². The minimum Gasteiger partial charge on any atom is -0.392 e. The quantitative estimate of drug-likeness (QED) is 0.594. The van der Waals surface area contributed by atoms with Gasteiger partial charge in [-0.15, -0.1) is 0 Å². The molecule has 0 bridgehead atoms. The molecular formula is C20H20Cl2N4O2. The van der Waals surface area contributed by atoms with Crippen molar-refractivity contribution in [3.05, 3.63) is 63.9 Å². The molecular weight excluding hydrogens is 399 g/mol. The number of fused-ring (bicyclic) bond motifs is 1. The number of β-amino-alcohol motifs (C(OH)–C–C–N with tert-alkyl or cyclic N) is 1. The molecule has 3 N–H and O–H groups in total. The maximum atomic E-state index is 12.8. The Hall–Kier alpha value is -2.12. The van der Waals surface area contributed by atoms with Gasteiger partial charge in [-0.1, -0.05) is 41.4 Å². The standard InChI is InChI=1S/C20H20Cl2N4O2/c21-13-6-5-12(15(22)7-13)10-26-11-14(27)8-18(26)20(28)23-9-19-24-16-3-1-2-4-17(16)25-19/h1-7,14,18,27H,8-11H2,(H,23,28)(H,24,25)/t14-,18?/m1/s1. The first-order chi connectivity index (χ1) is 13.5. The van der Waals surface area contributed by atoms with E-state index in [0.29, 0.717) is 41.9 Å². The number of nitrogens with one attached hydrogen (secondary N) is 2. The number of carbonyl (C=O) groups is 1. The number of nitrogens with zero attached hydrogens (tertiary/aromatic N) is 2. The topological polar surface area (TPSA) is 81.2 Å². The van der Waals surface area contributed by atoms with Crippen molar-refractivity contribution >= 4 is 40.1 Å². The molecule has 146 valence electrons. The van der Waals surface area contributed by atoms with Crippen LogP contribution in [0.15, 0.2) is 42.5 Å². The third-order valence-corrected chi connectivity index (χ3v) is 5.53. The summed E-state index contributed by atoms with van der Waals surface area (Å²) in [5.41, 5.74) is 2.67. The first-order valence-electron chi connectivity index (χ1n) is 9.07. The number of H-pyrrole nitrogens is 1. The predicted molar refractivity (Wildman–Crippen MR) is 109 cm³/mol. The van der Waals surface area contributed by atoms with Crippen molar-refractivity contribution in [1.82, 2.24) is 20.2 Å². The summed E-state index contributed by atoms with van der Waals surface area (Å²) in [7, 11) is 0. The van der Waals surface area contributed by atoms with E-state index in [0.717, 1.165) is 16.6 Å². The monoisotopic (exact) mass is 418 g/mol. The molecule has 0 saturated carbocycles. The number of halogens is 2. The van der Waals surface area contributed by atoms with Gasteiger partial charge in [0.15, 0.2) is 0 Å². The Morgan fingerprint density at radius 2 is 2.11 bits per heavy atom. The lowest BCUT2D eigenvalue weighted by molar-refractivity contribution is -0.125. The average Bonchev–Trinajstić information content (AvgIpc) is 3.25. The lowest BCUT2D eigenvalue weighted by Crippen LogP contribution is -2.42. The number of para-hydroxylation sites is 2. The van der Waals surface area contributed by atoms with Gasteiger partial charge in [-0.05, 0) is 36.2 Å². The zero-order chi connectivity index (χ0) is 19.7. The predicted octanol–water partition coefficient (Wildman–Crippen LogP) is 3.12. The van der Waals surface area contributed by atoms with Crippen molar-refractivity contribution < 1.29 is 9.90 Å². The van der Waals surface area contributed by atoms with Crippen molar-refractivity contribution in [3.63, 3.8) is 0 Å². The van der Waals surface area contributed by atoms with Crippen LogP contribution in [0.3, 0.4) is 0 Å². The maximum absolute atomic E-state index is 12.8. The second-order valence-electron chi connectivity index (χ2n) is 6.99. The van der Waals surface area contributed by atoms with Crippen LogP contribution in [0.4, 0.5) is 0 Å². The van der Waals surface area contributed by atoms with Crippen molar-refractivity contribution in [2.75, 3.05) is 6.54 Å². The summed E-state index contributed by atoms with van der Waals surface area (Å²) in [6.07, 6.45) is -0.162. The SMILES string of the molecule is O=C(NCc1nc2ccccc2[nH]1)C1C[C@@H](O)CN1Cc1ccc(Cl)cc1Cl. The van der Waals surface area contributed by atoms with Gasteiger partial charge in [0.05, 0.1) is 29.7 Å². The number of aromatic amines is 1. The smallest absolute Gasteiger partial charge is 0.237 e. The molecule has 0 aliphatic carbocycles. The van der Waals surface area contributed by atoms with Crippen molar-refractivity contribution in [1.29, 1.82) is 0 Å². The first-order valence-corrected chi connectivity index (χ1v) is 9.82. The van der Waals surface area contributed by atoms with E-state index in [1.54, 1.807) is 12.1 Å². The van der Waals surface area contributed by atoms with Gasteiger partial charge in [0.2, 0.25) is 5.91 Å². The molecule has 4 rings (SSSR count). The molecule has 1 saturated heterocycles. The van der Waals surface area contributed by atoms with E-state index in [4.69, 9.17) is 23.2 Å². The van der Waals surface area contributed by atoms with E-state index in [1.165, 1.54) is 0 Å². The van der Waals surface area contributed by atoms with Crippen LogP contribution in [0.2, 0.25) is 10.0 Å². The molecule has 6 nitrogen and oxygen atoms in total. The van der Waals surface area contributed by atoms with Crippen LogP contribution in [0.5, 0.6) is 0 Å². The number of aliphatic hydroxyl groups excluding tert-OH is 1. The highest BCUT2D eigenvalue weighted by Gasteiger charge is 2.36. The summed E-state index contributed by atoms with van der Waals surface area (Å²) < 4.78 is 0. The summed E-state index contributed by atoms with van der Waals surface area (Å²) in [5.74, 6) is 0.558. The van der Waals surface area contributed by atoms with Crippen LogP contribution in [-0.4, -0.2) is 44.6 Å². The maximum Gasteiger partial charge on any atom is 0.237 e. The van der Waals surface area contributed by atoms with Gasteiger partial charge >= 0.3 is 0 Å². The van der Waals surface area contributed by atoms with Crippen LogP contribution in [0.1, 0.15) is 17.8 Å². The number of imidazole rings is 1. The van der Waals surface area contributed by atoms with Crippen molar-refractivity contribution in [3.8, 4) is 0 Å². The summed E-state index contributed by atoms with van der Waals surface area (Å²) in [6.45, 7) is 1.19. The Morgan fingerprint density at radius 3 is 2.89 bits per heavy atom. The van der Waals surface area contributed by atoms with E-state index in [-0.39, 0.29) is 5.91 Å². The van der Waals surface area contributed by atoms with Crippen LogP contribution < -0.4 is 5.32 Å². The molecule has 1 aromatic heterocycles. The van der Waals surface area contributed by atoms with Crippen LogP contribution in [0.25, 0.3) is 11.0 Å². The summed E-state index contributed by atoms with van der Waals surface area (Å²) in [4.78, 5) is 22.4. The summed E-state index contributed by atoms with van der Waals surface area (Å²) in [6, 6.07) is 12.6. The van der Waals surface area contributed by atoms with Crippen molar-refractivity contribution in [2.45, 2.75) is 31.7 Å². The van der Waals surface area contributed by atoms with Gasteiger partial charge in [-0.2, -0.15) is 0 Å². The van der Waals surface area contributed by atoms with E-state index in [2.05, 4.69) is 15.3 Å². The summed E-state index contributed by atoms with van der Waals surface area (Å²) in [5, 5.41) is 14.1. The number of rotatable bonds is 5. The molecule has 1 unspecified atom stereocenters. The van der Waals surface area contributed by atoms with Crippen molar-refractivity contribution in [2.24, 2.45) is 0 Å². The number of hydrogen-bond donors (Lipinski definition) is 3. The fourth-order valence-electron chi connectivity index (χ4n) is 3.57. The largest absolute Gasteiger partial charge is 0.392 e. The minimum absolute atomic E-state index is 0.137. The van der Waals surface area contributed by atoms with Gasteiger partial charge in [-0.3, -0.25) is 9.69 Å². The highest BCUT2D eigenvalue weighted by molar-refractivity contribution is 6.35. The van der Waals surface area contributed by atoms with E-state index < -0.39 is 12.1 Å². The van der Waals surface area contributed by atoms with Gasteiger partial charge in [0.25, 0.3) is 0 Å². The molecule has 1 aliphatic rings. The molecule has 1 fully saturated rings. The Kier molecular flexibility index (Phi) is 5.55. The number of likely N-dealkylation sites (tertiary alicyclic amines) is 1. The van der Waals surface area contributed by atoms with Gasteiger partial charge in [-0.25, -0.2) is 4.98 Å². The lowest BCUT2D eigenvalue weighted by Gasteiger charge is -2.23. The number of hydrogen-bond acceptors (Lipinski definition) is 4. The summed E-state index contributed by atoms with van der Waals surface area (Å²) >= 11 is 12.2. The Balaban J connectivity index is 1.42. The van der Waals surface area contributed by atoms with Gasteiger partial charge in [0.1, 0.15) is 5.82 Å². The zero-order valence-corrected chi connectivity index (χ0v) is 16.5. The molecule has 1 amide bonds. The molecule has 28 heavy (non-hydrogen) atoms. The normalized spacial score (nSPS) is 20.0. The van der Waals surface area contributed by atoms with Crippen LogP contribution in [-0.2, 0) is 17.9 Å². The number of benzene rings is 2. The lowest BCUT2D eigenvalue weighted by atomic mass is 10.1. The molecule has 8 heteroatoms. The molecule has 2 aromatic carbocycles. The van der Waals surface area contributed by atoms with E-state index in [9.17, 15) is 9.90 Å². The number of aliphatic hydroxyl groups is 1. The molecule has 0 radical (unpaired) electrons. The molecule has 2 atom stereocenters. The highest BCUT2D eigenvalue weighted by Crippen LogP contribution is 2.26.